The maximum atomic E-state index is 11.8. The minimum Gasteiger partial charge on any atom is -0.505 e. The summed E-state index contributed by atoms with van der Waals surface area (Å²) in [6.07, 6.45) is 2.50. The summed E-state index contributed by atoms with van der Waals surface area (Å²) >= 11 is 18.1. The topological polar surface area (TPSA) is 59.4 Å². The Morgan fingerprint density at radius 1 is 1.20 bits per heavy atom. The van der Waals surface area contributed by atoms with Crippen molar-refractivity contribution in [3.63, 3.8) is 0 Å². The molecule has 0 saturated heterocycles. The van der Waals surface area contributed by atoms with Gasteiger partial charge in [-0.25, -0.2) is 4.79 Å². The van der Waals surface area contributed by atoms with Crippen molar-refractivity contribution in [2.24, 2.45) is 0 Å². The number of pyridine rings is 1. The van der Waals surface area contributed by atoms with Gasteiger partial charge in [-0.05, 0) is 12.1 Å². The molecule has 2 aromatic rings. The number of esters is 1. The zero-order valence-corrected chi connectivity index (χ0v) is 12.4. The van der Waals surface area contributed by atoms with Crippen LogP contribution in [0.25, 0.3) is 11.1 Å². The van der Waals surface area contributed by atoms with Crippen LogP contribution in [0.4, 0.5) is 0 Å². The van der Waals surface area contributed by atoms with Gasteiger partial charge in [-0.3, -0.25) is 4.98 Å². The Hall–Kier alpha value is -1.49. The number of aromatic nitrogens is 1. The van der Waals surface area contributed by atoms with Gasteiger partial charge in [0.05, 0.1) is 23.4 Å². The zero-order valence-electron chi connectivity index (χ0n) is 10.2. The van der Waals surface area contributed by atoms with Crippen molar-refractivity contribution >= 4 is 40.8 Å². The van der Waals surface area contributed by atoms with E-state index in [1.165, 1.54) is 25.4 Å². The van der Waals surface area contributed by atoms with E-state index in [2.05, 4.69) is 9.72 Å². The molecule has 1 aromatic carbocycles. The Bertz CT molecular complexity index is 666. The molecule has 0 saturated carbocycles. The third kappa shape index (κ3) is 2.68. The van der Waals surface area contributed by atoms with Gasteiger partial charge in [0.1, 0.15) is 11.3 Å². The number of methoxy groups -OCH3 is 1. The molecule has 0 radical (unpaired) electrons. The van der Waals surface area contributed by atoms with Gasteiger partial charge in [0.15, 0.2) is 0 Å². The molecule has 0 bridgehead atoms. The van der Waals surface area contributed by atoms with Crippen molar-refractivity contribution < 1.29 is 14.6 Å². The monoisotopic (exact) mass is 331 g/mol. The number of halogens is 3. The summed E-state index contributed by atoms with van der Waals surface area (Å²) in [5.41, 5.74) is 0.554. The summed E-state index contributed by atoms with van der Waals surface area (Å²) in [4.78, 5) is 15.6. The number of aromatic hydroxyl groups is 1. The van der Waals surface area contributed by atoms with Crippen molar-refractivity contribution in [3.05, 3.63) is 45.2 Å². The molecule has 0 unspecified atom stereocenters. The van der Waals surface area contributed by atoms with E-state index in [-0.39, 0.29) is 26.9 Å². The lowest BCUT2D eigenvalue weighted by atomic mass is 10.0. The summed E-state index contributed by atoms with van der Waals surface area (Å²) in [5, 5.41) is 10.6. The lowest BCUT2D eigenvalue weighted by molar-refractivity contribution is 0.0598. The lowest BCUT2D eigenvalue weighted by Gasteiger charge is -2.12. The van der Waals surface area contributed by atoms with E-state index in [0.717, 1.165) is 6.20 Å². The minimum absolute atomic E-state index is 0.0615. The third-order valence-corrected chi connectivity index (χ3v) is 3.41. The first-order valence-corrected chi connectivity index (χ1v) is 6.49. The van der Waals surface area contributed by atoms with E-state index < -0.39 is 5.97 Å². The van der Waals surface area contributed by atoms with Crippen molar-refractivity contribution in [3.8, 4) is 16.9 Å². The highest BCUT2D eigenvalue weighted by Crippen LogP contribution is 2.40. The van der Waals surface area contributed by atoms with Gasteiger partial charge >= 0.3 is 5.97 Å². The molecule has 104 valence electrons. The van der Waals surface area contributed by atoms with Crippen LogP contribution in [0.2, 0.25) is 15.1 Å². The van der Waals surface area contributed by atoms with E-state index in [1.807, 2.05) is 0 Å². The van der Waals surface area contributed by atoms with E-state index in [9.17, 15) is 9.90 Å². The molecule has 0 aliphatic rings. The van der Waals surface area contributed by atoms with Gasteiger partial charge in [-0.15, -0.1) is 0 Å². The molecule has 2 rings (SSSR count). The molecule has 0 amide bonds. The summed E-state index contributed by atoms with van der Waals surface area (Å²) in [7, 11) is 1.21. The Morgan fingerprint density at radius 2 is 1.80 bits per heavy atom. The number of carbonyl (C=O) groups is 1. The Kier molecular flexibility index (Phi) is 4.38. The molecule has 0 aliphatic carbocycles. The van der Waals surface area contributed by atoms with Crippen LogP contribution in [0, 0.1) is 0 Å². The standard InChI is InChI=1S/C13H8Cl3NO3/c1-20-13(19)12-7(4-17-5-10(12)18)11-8(15)2-6(14)3-9(11)16/h2-5,18H,1H3. The molecule has 0 spiro atoms. The van der Waals surface area contributed by atoms with Crippen LogP contribution in [-0.4, -0.2) is 23.2 Å². The molecule has 1 N–H and O–H groups in total. The molecular formula is C13H8Cl3NO3. The quantitative estimate of drug-likeness (QED) is 0.837. The first-order valence-electron chi connectivity index (χ1n) is 5.36. The predicted octanol–water partition coefficient (Wildman–Crippen LogP) is 4.20. The fourth-order valence-electron chi connectivity index (χ4n) is 1.76. The van der Waals surface area contributed by atoms with Crippen molar-refractivity contribution in [1.82, 2.24) is 4.98 Å². The van der Waals surface area contributed by atoms with Crippen molar-refractivity contribution in [1.29, 1.82) is 0 Å². The van der Waals surface area contributed by atoms with Gasteiger partial charge in [0.25, 0.3) is 0 Å². The van der Waals surface area contributed by atoms with E-state index in [0.29, 0.717) is 10.6 Å². The van der Waals surface area contributed by atoms with Crippen LogP contribution >= 0.6 is 34.8 Å². The highest BCUT2D eigenvalue weighted by atomic mass is 35.5. The van der Waals surface area contributed by atoms with Crippen LogP contribution in [0.15, 0.2) is 24.5 Å². The molecule has 0 fully saturated rings. The number of rotatable bonds is 2. The fourth-order valence-corrected chi connectivity index (χ4v) is 2.78. The summed E-state index contributed by atoms with van der Waals surface area (Å²) < 4.78 is 4.64. The highest BCUT2D eigenvalue weighted by molar-refractivity contribution is 6.42. The van der Waals surface area contributed by atoms with Crippen molar-refractivity contribution in [2.45, 2.75) is 0 Å². The lowest BCUT2D eigenvalue weighted by Crippen LogP contribution is -2.05. The van der Waals surface area contributed by atoms with Gasteiger partial charge < -0.3 is 9.84 Å². The Balaban J connectivity index is 2.77. The maximum Gasteiger partial charge on any atom is 0.342 e. The average Bonchev–Trinajstić information content (AvgIpc) is 2.37. The average molecular weight is 333 g/mol. The predicted molar refractivity (Wildman–Crippen MR) is 77.7 cm³/mol. The molecule has 1 heterocycles. The van der Waals surface area contributed by atoms with Crippen LogP contribution in [0.1, 0.15) is 10.4 Å². The number of nitrogens with zero attached hydrogens (tertiary/aromatic N) is 1. The second kappa shape index (κ2) is 5.87. The normalized spacial score (nSPS) is 10.4. The third-order valence-electron chi connectivity index (χ3n) is 2.59. The molecule has 1 aromatic heterocycles. The summed E-state index contributed by atoms with van der Waals surface area (Å²) in [5.74, 6) is -1.04. The molecule has 7 heteroatoms. The maximum absolute atomic E-state index is 11.8. The van der Waals surface area contributed by atoms with Crippen molar-refractivity contribution in [2.75, 3.05) is 7.11 Å². The van der Waals surface area contributed by atoms with Gasteiger partial charge in [-0.1, -0.05) is 34.8 Å². The SMILES string of the molecule is COC(=O)c1c(O)cncc1-c1c(Cl)cc(Cl)cc1Cl. The van der Waals surface area contributed by atoms with Crippen LogP contribution in [0.5, 0.6) is 5.75 Å². The second-order valence-corrected chi connectivity index (χ2v) is 5.07. The van der Waals surface area contributed by atoms with Gasteiger partial charge in [0, 0.05) is 22.3 Å². The fraction of sp³-hybridized carbons (Fsp3) is 0.0769. The number of hydrogen-bond acceptors (Lipinski definition) is 4. The second-order valence-electron chi connectivity index (χ2n) is 3.82. The smallest absolute Gasteiger partial charge is 0.342 e. The molecular weight excluding hydrogens is 325 g/mol. The summed E-state index contributed by atoms with van der Waals surface area (Å²) in [6, 6.07) is 2.96. The molecule has 20 heavy (non-hydrogen) atoms. The van der Waals surface area contributed by atoms with Crippen LogP contribution in [0.3, 0.4) is 0 Å². The van der Waals surface area contributed by atoms with Crippen LogP contribution < -0.4 is 0 Å². The Labute approximate surface area is 129 Å². The van der Waals surface area contributed by atoms with Gasteiger partial charge in [0.2, 0.25) is 0 Å². The number of carbonyl (C=O) groups excluding carboxylic acids is 1. The first kappa shape index (κ1) is 14.9. The number of benzene rings is 1. The minimum atomic E-state index is -0.720. The molecule has 0 atom stereocenters. The number of hydrogen-bond donors (Lipinski definition) is 1. The molecule has 0 aliphatic heterocycles. The van der Waals surface area contributed by atoms with E-state index in [1.54, 1.807) is 0 Å². The summed E-state index contributed by atoms with van der Waals surface area (Å²) in [6.45, 7) is 0. The molecule has 4 nitrogen and oxygen atoms in total. The van der Waals surface area contributed by atoms with E-state index >= 15 is 0 Å². The Morgan fingerprint density at radius 3 is 2.35 bits per heavy atom. The van der Waals surface area contributed by atoms with E-state index in [4.69, 9.17) is 34.8 Å². The zero-order chi connectivity index (χ0) is 14.9. The highest BCUT2D eigenvalue weighted by Gasteiger charge is 2.22. The van der Waals surface area contributed by atoms with Crippen LogP contribution in [-0.2, 0) is 4.74 Å². The number of ether oxygens (including phenoxy) is 1. The first-order chi connectivity index (χ1) is 9.45. The largest absolute Gasteiger partial charge is 0.505 e. The van der Waals surface area contributed by atoms with Gasteiger partial charge in [-0.2, -0.15) is 0 Å².